The van der Waals surface area contributed by atoms with Gasteiger partial charge < -0.3 is 14.6 Å². The van der Waals surface area contributed by atoms with Crippen LogP contribution in [-0.4, -0.2) is 20.7 Å². The van der Waals surface area contributed by atoms with Crippen LogP contribution in [0.5, 0.6) is 5.75 Å². The summed E-state index contributed by atoms with van der Waals surface area (Å²) in [7, 11) is 0. The molecule has 0 saturated carbocycles. The lowest BCUT2D eigenvalue weighted by Crippen LogP contribution is -2.19. The van der Waals surface area contributed by atoms with Crippen LogP contribution in [0.15, 0.2) is 27.4 Å². The summed E-state index contributed by atoms with van der Waals surface area (Å²) in [4.78, 5) is 21.7. The van der Waals surface area contributed by atoms with Crippen molar-refractivity contribution in [3.8, 4) is 5.75 Å². The maximum absolute atomic E-state index is 11.2. The summed E-state index contributed by atoms with van der Waals surface area (Å²) in [6.07, 6.45) is 0. The molecule has 0 aliphatic rings. The summed E-state index contributed by atoms with van der Waals surface area (Å²) >= 11 is 0. The average molecular weight is 209 g/mol. The van der Waals surface area contributed by atoms with Crippen molar-refractivity contribution in [2.75, 3.05) is 0 Å². The smallest absolute Gasteiger partial charge is 0.420 e. The maximum Gasteiger partial charge on any atom is 0.420 e. The molecule has 0 fully saturated rings. The van der Waals surface area contributed by atoms with Crippen LogP contribution in [0.25, 0.3) is 11.1 Å². The molecule has 6 heteroatoms. The largest absolute Gasteiger partial charge is 0.508 e. The number of carboxylic acids is 1. The van der Waals surface area contributed by atoms with E-state index in [1.54, 1.807) is 0 Å². The lowest BCUT2D eigenvalue weighted by Gasteiger charge is -1.96. The van der Waals surface area contributed by atoms with Crippen molar-refractivity contribution in [2.24, 2.45) is 0 Å². The molecule has 15 heavy (non-hydrogen) atoms. The highest BCUT2D eigenvalue weighted by atomic mass is 16.4. The second-order valence-corrected chi connectivity index (χ2v) is 3.00. The van der Waals surface area contributed by atoms with Gasteiger partial charge in [-0.15, -0.1) is 0 Å². The van der Waals surface area contributed by atoms with Crippen molar-refractivity contribution in [3.05, 3.63) is 28.7 Å². The quantitative estimate of drug-likeness (QED) is 0.746. The molecule has 0 radical (unpaired) electrons. The predicted molar refractivity (Wildman–Crippen MR) is 49.8 cm³/mol. The second-order valence-electron chi connectivity index (χ2n) is 3.00. The van der Waals surface area contributed by atoms with Gasteiger partial charge in [-0.3, -0.25) is 9.36 Å². The number of fused-ring (bicyclic) bond motifs is 1. The number of phenols is 1. The van der Waals surface area contributed by atoms with Crippen molar-refractivity contribution in [1.29, 1.82) is 0 Å². The van der Waals surface area contributed by atoms with Gasteiger partial charge in [-0.05, 0) is 12.1 Å². The van der Waals surface area contributed by atoms with E-state index < -0.39 is 18.3 Å². The molecule has 1 aromatic carbocycles. The van der Waals surface area contributed by atoms with Crippen LogP contribution in [0.3, 0.4) is 0 Å². The summed E-state index contributed by atoms with van der Waals surface area (Å²) in [5, 5.41) is 17.7. The monoisotopic (exact) mass is 209 g/mol. The Hall–Kier alpha value is -2.24. The maximum atomic E-state index is 11.2. The Bertz CT molecular complexity index is 580. The summed E-state index contributed by atoms with van der Waals surface area (Å²) < 4.78 is 5.75. The lowest BCUT2D eigenvalue weighted by atomic mass is 10.3. The number of aliphatic carboxylic acids is 1. The minimum Gasteiger partial charge on any atom is -0.508 e. The number of hydrogen-bond donors (Lipinski definition) is 2. The molecule has 2 rings (SSSR count). The van der Waals surface area contributed by atoms with E-state index in [0.29, 0.717) is 5.52 Å². The summed E-state index contributed by atoms with van der Waals surface area (Å²) in [5.74, 6) is -1.93. The molecule has 1 aromatic heterocycles. The third kappa shape index (κ3) is 1.56. The molecule has 0 aliphatic carbocycles. The number of oxazole rings is 1. The number of carboxylic acid groups (broad SMARTS) is 1. The molecule has 0 aliphatic heterocycles. The van der Waals surface area contributed by atoms with Gasteiger partial charge in [0.25, 0.3) is 0 Å². The van der Waals surface area contributed by atoms with Crippen molar-refractivity contribution in [1.82, 2.24) is 4.57 Å². The first-order valence-corrected chi connectivity index (χ1v) is 4.12. The number of hydrogen-bond acceptors (Lipinski definition) is 4. The van der Waals surface area contributed by atoms with Crippen LogP contribution in [-0.2, 0) is 11.3 Å². The number of rotatable bonds is 2. The number of nitrogens with zero attached hydrogens (tertiary/aromatic N) is 1. The molecule has 2 aromatic rings. The van der Waals surface area contributed by atoms with Gasteiger partial charge in [-0.25, -0.2) is 4.79 Å². The standard InChI is InChI=1S/C9H7NO5/c11-5-1-2-6-7(3-5)15-9(14)10(6)4-8(12)13/h1-3,11H,4H2,(H,12,13). The minimum atomic E-state index is -1.13. The van der Waals surface area contributed by atoms with E-state index >= 15 is 0 Å². The first-order valence-electron chi connectivity index (χ1n) is 4.12. The molecule has 0 unspecified atom stereocenters. The predicted octanol–water partition coefficient (Wildman–Crippen LogP) is 0.385. The van der Waals surface area contributed by atoms with E-state index in [-0.39, 0.29) is 11.3 Å². The molecule has 6 nitrogen and oxygen atoms in total. The molecular formula is C9H7NO5. The Morgan fingerprint density at radius 2 is 2.20 bits per heavy atom. The minimum absolute atomic E-state index is 0.0428. The van der Waals surface area contributed by atoms with Crippen molar-refractivity contribution in [2.45, 2.75) is 6.54 Å². The molecule has 0 spiro atoms. The topological polar surface area (TPSA) is 92.7 Å². The Balaban J connectivity index is 2.68. The normalized spacial score (nSPS) is 10.7. The van der Waals surface area contributed by atoms with Crippen LogP contribution in [0.1, 0.15) is 0 Å². The molecule has 2 N–H and O–H groups in total. The Morgan fingerprint density at radius 3 is 2.87 bits per heavy atom. The van der Waals surface area contributed by atoms with Gasteiger partial charge >= 0.3 is 11.7 Å². The highest BCUT2D eigenvalue weighted by Gasteiger charge is 2.11. The number of aromatic nitrogens is 1. The van der Waals surface area contributed by atoms with Gasteiger partial charge in [0.15, 0.2) is 5.58 Å². The van der Waals surface area contributed by atoms with Crippen molar-refractivity contribution >= 4 is 17.1 Å². The highest BCUT2D eigenvalue weighted by Crippen LogP contribution is 2.18. The summed E-state index contributed by atoms with van der Waals surface area (Å²) in [6.45, 7) is -0.462. The zero-order valence-electron chi connectivity index (χ0n) is 7.51. The van der Waals surface area contributed by atoms with Gasteiger partial charge in [-0.1, -0.05) is 0 Å². The summed E-state index contributed by atoms with van der Waals surface area (Å²) in [6, 6.07) is 4.04. The Morgan fingerprint density at radius 1 is 1.47 bits per heavy atom. The van der Waals surface area contributed by atoms with Gasteiger partial charge in [0, 0.05) is 6.07 Å². The fraction of sp³-hybridized carbons (Fsp3) is 0.111. The lowest BCUT2D eigenvalue weighted by molar-refractivity contribution is -0.137. The van der Waals surface area contributed by atoms with Crippen LogP contribution < -0.4 is 5.76 Å². The van der Waals surface area contributed by atoms with E-state index in [4.69, 9.17) is 14.6 Å². The zero-order chi connectivity index (χ0) is 11.0. The van der Waals surface area contributed by atoms with E-state index in [9.17, 15) is 9.59 Å². The fourth-order valence-corrected chi connectivity index (χ4v) is 1.34. The number of phenolic OH excluding ortho intramolecular Hbond substituents is 1. The van der Waals surface area contributed by atoms with Crippen molar-refractivity contribution in [3.63, 3.8) is 0 Å². The van der Waals surface area contributed by atoms with Crippen LogP contribution in [0, 0.1) is 0 Å². The Labute approximate surface area is 83.0 Å². The third-order valence-corrected chi connectivity index (χ3v) is 1.95. The number of aromatic hydroxyl groups is 1. The molecular weight excluding hydrogens is 202 g/mol. The van der Waals surface area contributed by atoms with Gasteiger partial charge in [0.1, 0.15) is 12.3 Å². The molecule has 1 heterocycles. The molecule has 0 atom stereocenters. The summed E-state index contributed by atoms with van der Waals surface area (Å²) in [5.41, 5.74) is 0.515. The Kier molecular flexibility index (Phi) is 1.96. The average Bonchev–Trinajstić information content (AvgIpc) is 2.41. The molecule has 0 amide bonds. The van der Waals surface area contributed by atoms with Crippen molar-refractivity contribution < 1.29 is 19.4 Å². The molecule has 0 saturated heterocycles. The second kappa shape index (κ2) is 3.16. The van der Waals surface area contributed by atoms with Crippen LogP contribution in [0.2, 0.25) is 0 Å². The first kappa shape index (κ1) is 9.32. The highest BCUT2D eigenvalue weighted by molar-refractivity contribution is 5.77. The number of carbonyl (C=O) groups is 1. The van der Waals surface area contributed by atoms with E-state index in [1.807, 2.05) is 0 Å². The van der Waals surface area contributed by atoms with Gasteiger partial charge in [0.05, 0.1) is 5.52 Å². The van der Waals surface area contributed by atoms with Crippen LogP contribution in [0.4, 0.5) is 0 Å². The number of benzene rings is 1. The van der Waals surface area contributed by atoms with E-state index in [0.717, 1.165) is 4.57 Å². The first-order chi connectivity index (χ1) is 7.08. The zero-order valence-corrected chi connectivity index (χ0v) is 7.51. The van der Waals surface area contributed by atoms with Gasteiger partial charge in [-0.2, -0.15) is 0 Å². The third-order valence-electron chi connectivity index (χ3n) is 1.95. The van der Waals surface area contributed by atoms with E-state index in [1.165, 1.54) is 18.2 Å². The van der Waals surface area contributed by atoms with Gasteiger partial charge in [0.2, 0.25) is 0 Å². The van der Waals surface area contributed by atoms with E-state index in [2.05, 4.69) is 0 Å². The molecule has 0 bridgehead atoms. The van der Waals surface area contributed by atoms with Crippen LogP contribution >= 0.6 is 0 Å². The molecule has 78 valence electrons. The fourth-order valence-electron chi connectivity index (χ4n) is 1.34. The SMILES string of the molecule is O=C(O)Cn1c(=O)oc2cc(O)ccc21.